The SMILES string of the molecule is Cc1ccc(Br)cc1Nc1ncc(C#N)s1. The molecule has 1 aromatic heterocycles. The maximum absolute atomic E-state index is 8.70. The summed E-state index contributed by atoms with van der Waals surface area (Å²) >= 11 is 4.76. The van der Waals surface area contributed by atoms with Crippen LogP contribution < -0.4 is 5.32 Å². The number of aromatic nitrogens is 1. The first-order chi connectivity index (χ1) is 7.69. The normalized spacial score (nSPS) is 9.81. The van der Waals surface area contributed by atoms with E-state index in [-0.39, 0.29) is 0 Å². The third-order valence-corrected chi connectivity index (χ3v) is 3.37. The van der Waals surface area contributed by atoms with Gasteiger partial charge in [0.2, 0.25) is 0 Å². The second-order valence-electron chi connectivity index (χ2n) is 3.23. The second kappa shape index (κ2) is 4.64. The highest BCUT2D eigenvalue weighted by molar-refractivity contribution is 9.10. The largest absolute Gasteiger partial charge is 0.331 e. The molecule has 0 amide bonds. The van der Waals surface area contributed by atoms with Gasteiger partial charge in [0.25, 0.3) is 0 Å². The zero-order chi connectivity index (χ0) is 11.5. The fourth-order valence-electron chi connectivity index (χ4n) is 1.23. The number of hydrogen-bond donors (Lipinski definition) is 1. The third kappa shape index (κ3) is 2.40. The molecule has 1 aromatic carbocycles. The van der Waals surface area contributed by atoms with Gasteiger partial charge in [0.05, 0.1) is 6.20 Å². The molecule has 0 spiro atoms. The number of halogens is 1. The third-order valence-electron chi connectivity index (χ3n) is 2.06. The first-order valence-corrected chi connectivity index (χ1v) is 6.19. The Bertz CT molecular complexity index is 557. The average molecular weight is 294 g/mol. The lowest BCUT2D eigenvalue weighted by Crippen LogP contribution is -1.91. The minimum Gasteiger partial charge on any atom is -0.331 e. The maximum Gasteiger partial charge on any atom is 0.188 e. The van der Waals surface area contributed by atoms with Crippen LogP contribution in [0.5, 0.6) is 0 Å². The lowest BCUT2D eigenvalue weighted by Gasteiger charge is -2.06. The van der Waals surface area contributed by atoms with Crippen LogP contribution in [0.4, 0.5) is 10.8 Å². The number of anilines is 2. The first kappa shape index (κ1) is 11.1. The zero-order valence-electron chi connectivity index (χ0n) is 8.49. The van der Waals surface area contributed by atoms with Crippen LogP contribution in [0.3, 0.4) is 0 Å². The molecule has 0 bridgehead atoms. The molecule has 0 saturated heterocycles. The van der Waals surface area contributed by atoms with Gasteiger partial charge in [-0.2, -0.15) is 5.26 Å². The van der Waals surface area contributed by atoms with E-state index in [0.29, 0.717) is 4.88 Å². The number of thiazole rings is 1. The summed E-state index contributed by atoms with van der Waals surface area (Å²) in [4.78, 5) is 4.73. The predicted molar refractivity (Wildman–Crippen MR) is 69.0 cm³/mol. The number of nitrogens with one attached hydrogen (secondary N) is 1. The van der Waals surface area contributed by atoms with Gasteiger partial charge >= 0.3 is 0 Å². The highest BCUT2D eigenvalue weighted by Gasteiger charge is 2.04. The molecule has 2 rings (SSSR count). The van der Waals surface area contributed by atoms with E-state index in [0.717, 1.165) is 20.9 Å². The molecule has 1 N–H and O–H groups in total. The summed E-state index contributed by atoms with van der Waals surface area (Å²) in [6.45, 7) is 2.02. The smallest absolute Gasteiger partial charge is 0.188 e. The molecule has 16 heavy (non-hydrogen) atoms. The molecule has 2 aromatic rings. The molecule has 0 aliphatic heterocycles. The Morgan fingerprint density at radius 3 is 3.00 bits per heavy atom. The first-order valence-electron chi connectivity index (χ1n) is 4.58. The van der Waals surface area contributed by atoms with E-state index in [2.05, 4.69) is 32.3 Å². The Labute approximate surface area is 106 Å². The molecule has 0 aliphatic carbocycles. The van der Waals surface area contributed by atoms with Crippen LogP contribution in [-0.2, 0) is 0 Å². The van der Waals surface area contributed by atoms with Gasteiger partial charge in [-0.05, 0) is 24.6 Å². The fraction of sp³-hybridized carbons (Fsp3) is 0.0909. The van der Waals surface area contributed by atoms with Crippen molar-refractivity contribution in [1.29, 1.82) is 5.26 Å². The quantitative estimate of drug-likeness (QED) is 0.915. The van der Waals surface area contributed by atoms with Crippen molar-refractivity contribution in [3.63, 3.8) is 0 Å². The van der Waals surface area contributed by atoms with Crippen molar-refractivity contribution >= 4 is 38.1 Å². The van der Waals surface area contributed by atoms with Gasteiger partial charge in [-0.1, -0.05) is 33.3 Å². The molecular formula is C11H8BrN3S. The van der Waals surface area contributed by atoms with Gasteiger partial charge in [-0.25, -0.2) is 4.98 Å². The van der Waals surface area contributed by atoms with Crippen LogP contribution in [0.1, 0.15) is 10.4 Å². The number of rotatable bonds is 2. The molecule has 80 valence electrons. The summed E-state index contributed by atoms with van der Waals surface area (Å²) in [6, 6.07) is 8.06. The number of hydrogen-bond acceptors (Lipinski definition) is 4. The molecule has 0 unspecified atom stereocenters. The summed E-state index contributed by atoms with van der Waals surface area (Å²) < 4.78 is 1.01. The Balaban J connectivity index is 2.27. The van der Waals surface area contributed by atoms with Crippen molar-refractivity contribution in [3.05, 3.63) is 39.3 Å². The molecule has 0 radical (unpaired) electrons. The molecule has 1 heterocycles. The number of benzene rings is 1. The van der Waals surface area contributed by atoms with E-state index < -0.39 is 0 Å². The van der Waals surface area contributed by atoms with Crippen molar-refractivity contribution in [2.45, 2.75) is 6.92 Å². The van der Waals surface area contributed by atoms with Crippen LogP contribution in [0, 0.1) is 18.3 Å². The summed E-state index contributed by atoms with van der Waals surface area (Å²) in [5.74, 6) is 0. The van der Waals surface area contributed by atoms with E-state index in [4.69, 9.17) is 5.26 Å². The second-order valence-corrected chi connectivity index (χ2v) is 5.17. The molecule has 0 atom stereocenters. The summed E-state index contributed by atoms with van der Waals surface area (Å²) in [7, 11) is 0. The highest BCUT2D eigenvalue weighted by atomic mass is 79.9. The number of nitrogens with zero attached hydrogens (tertiary/aromatic N) is 2. The van der Waals surface area contributed by atoms with Crippen molar-refractivity contribution in [1.82, 2.24) is 4.98 Å². The van der Waals surface area contributed by atoms with E-state index in [1.54, 1.807) is 6.20 Å². The average Bonchev–Trinajstić information content (AvgIpc) is 2.71. The molecule has 0 saturated carbocycles. The van der Waals surface area contributed by atoms with Gasteiger partial charge in [-0.3, -0.25) is 0 Å². The van der Waals surface area contributed by atoms with Crippen LogP contribution in [0.15, 0.2) is 28.9 Å². The van der Waals surface area contributed by atoms with Gasteiger partial charge in [0.1, 0.15) is 10.9 Å². The summed E-state index contributed by atoms with van der Waals surface area (Å²) in [5, 5.41) is 12.6. The minimum atomic E-state index is 0.607. The van der Waals surface area contributed by atoms with Crippen molar-refractivity contribution in [2.24, 2.45) is 0 Å². The van der Waals surface area contributed by atoms with Gasteiger partial charge in [0, 0.05) is 10.2 Å². The number of nitriles is 1. The Morgan fingerprint density at radius 2 is 2.31 bits per heavy atom. The molecule has 0 aliphatic rings. The molecule has 5 heteroatoms. The lowest BCUT2D eigenvalue weighted by atomic mass is 10.2. The zero-order valence-corrected chi connectivity index (χ0v) is 10.9. The summed E-state index contributed by atoms with van der Waals surface area (Å²) in [6.07, 6.45) is 1.57. The van der Waals surface area contributed by atoms with E-state index in [1.165, 1.54) is 11.3 Å². The predicted octanol–water partition coefficient (Wildman–Crippen LogP) is 3.83. The molecule has 0 fully saturated rings. The Hall–Kier alpha value is -1.38. The van der Waals surface area contributed by atoms with E-state index in [1.807, 2.05) is 25.1 Å². The summed E-state index contributed by atoms with van der Waals surface area (Å²) in [5.41, 5.74) is 2.13. The van der Waals surface area contributed by atoms with Crippen LogP contribution in [0.25, 0.3) is 0 Å². The van der Waals surface area contributed by atoms with Crippen molar-refractivity contribution in [3.8, 4) is 6.07 Å². The van der Waals surface area contributed by atoms with Crippen molar-refractivity contribution < 1.29 is 0 Å². The highest BCUT2D eigenvalue weighted by Crippen LogP contribution is 2.26. The monoisotopic (exact) mass is 293 g/mol. The maximum atomic E-state index is 8.70. The van der Waals surface area contributed by atoms with Gasteiger partial charge in [-0.15, -0.1) is 0 Å². The fourth-order valence-corrected chi connectivity index (χ4v) is 2.21. The van der Waals surface area contributed by atoms with Crippen LogP contribution in [0.2, 0.25) is 0 Å². The van der Waals surface area contributed by atoms with Gasteiger partial charge in [0.15, 0.2) is 5.13 Å². The van der Waals surface area contributed by atoms with Crippen molar-refractivity contribution in [2.75, 3.05) is 5.32 Å². The lowest BCUT2D eigenvalue weighted by molar-refractivity contribution is 1.35. The Morgan fingerprint density at radius 1 is 1.50 bits per heavy atom. The van der Waals surface area contributed by atoms with E-state index >= 15 is 0 Å². The van der Waals surface area contributed by atoms with E-state index in [9.17, 15) is 0 Å². The minimum absolute atomic E-state index is 0.607. The number of aryl methyl sites for hydroxylation is 1. The molecular weight excluding hydrogens is 286 g/mol. The van der Waals surface area contributed by atoms with Gasteiger partial charge < -0.3 is 5.32 Å². The van der Waals surface area contributed by atoms with Crippen LogP contribution in [-0.4, -0.2) is 4.98 Å². The van der Waals surface area contributed by atoms with Crippen LogP contribution >= 0.6 is 27.3 Å². The Kier molecular flexibility index (Phi) is 3.22. The molecule has 3 nitrogen and oxygen atoms in total. The topological polar surface area (TPSA) is 48.7 Å². The standard InChI is InChI=1S/C11H8BrN3S/c1-7-2-3-8(12)4-10(7)15-11-14-6-9(5-13)16-11/h2-4,6H,1H3,(H,14,15).